The van der Waals surface area contributed by atoms with Crippen molar-refractivity contribution in [2.75, 3.05) is 13.1 Å². The van der Waals surface area contributed by atoms with Crippen LogP contribution >= 0.6 is 7.52 Å². The summed E-state index contributed by atoms with van der Waals surface area (Å²) in [5.74, 6) is 1.99. The third kappa shape index (κ3) is 5.56. The molecule has 1 aliphatic rings. The highest BCUT2D eigenvalue weighted by atomic mass is 31.2. The molecule has 0 aliphatic heterocycles. The summed E-state index contributed by atoms with van der Waals surface area (Å²) < 4.78 is 20.5. The molecule has 1 unspecified atom stereocenters. The minimum Gasteiger partial charge on any atom is -0.304 e. The van der Waals surface area contributed by atoms with Crippen molar-refractivity contribution >= 4 is 7.52 Å². The van der Waals surface area contributed by atoms with Crippen molar-refractivity contribution in [2.24, 2.45) is 0 Å². The molecule has 0 aromatic carbocycles. The lowest BCUT2D eigenvalue weighted by Crippen LogP contribution is -2.26. The van der Waals surface area contributed by atoms with E-state index in [0.29, 0.717) is 13.1 Å². The highest BCUT2D eigenvalue weighted by molar-refractivity contribution is 7.61. The second-order valence-corrected chi connectivity index (χ2v) is 7.66. The molecule has 5 heteroatoms. The first-order valence-electron chi connectivity index (χ1n) is 8.11. The summed E-state index contributed by atoms with van der Waals surface area (Å²) in [6.45, 7) is 5.43. The second-order valence-electron chi connectivity index (χ2n) is 5.65. The molecule has 0 N–H and O–H groups in total. The zero-order valence-electron chi connectivity index (χ0n) is 13.0. The van der Waals surface area contributed by atoms with E-state index in [1.165, 1.54) is 19.3 Å². The smallest absolute Gasteiger partial charge is 0.304 e. The summed E-state index contributed by atoms with van der Waals surface area (Å²) in [5, 5.41) is 9.39. The van der Waals surface area contributed by atoms with Gasteiger partial charge in [-0.1, -0.05) is 46.0 Å². The molecule has 0 aromatic rings. The van der Waals surface area contributed by atoms with Gasteiger partial charge in [0.05, 0.1) is 6.10 Å². The van der Waals surface area contributed by atoms with Gasteiger partial charge < -0.3 is 4.52 Å². The van der Waals surface area contributed by atoms with Crippen molar-refractivity contribution in [3.8, 4) is 5.81 Å². The Hall–Kier alpha value is -0.360. The zero-order chi connectivity index (χ0) is 14.8. The summed E-state index contributed by atoms with van der Waals surface area (Å²) in [6.07, 6.45) is 9.65. The summed E-state index contributed by atoms with van der Waals surface area (Å²) in [7, 11) is -3.31. The molecule has 4 nitrogen and oxygen atoms in total. The van der Waals surface area contributed by atoms with Crippen LogP contribution < -0.4 is 0 Å². The fourth-order valence-corrected chi connectivity index (χ4v) is 4.62. The lowest BCUT2D eigenvalue weighted by Gasteiger charge is -2.29. The van der Waals surface area contributed by atoms with E-state index in [4.69, 9.17) is 4.52 Å². The van der Waals surface area contributed by atoms with Crippen LogP contribution in [0.5, 0.6) is 0 Å². The Kier molecular flexibility index (Phi) is 8.45. The van der Waals surface area contributed by atoms with Crippen LogP contribution in [0.25, 0.3) is 0 Å². The molecule has 0 spiro atoms. The summed E-state index contributed by atoms with van der Waals surface area (Å²) in [6, 6.07) is 0. The van der Waals surface area contributed by atoms with Crippen molar-refractivity contribution in [1.82, 2.24) is 4.67 Å². The van der Waals surface area contributed by atoms with E-state index in [0.717, 1.165) is 38.5 Å². The molecular weight excluding hydrogens is 271 g/mol. The number of rotatable bonds is 7. The molecule has 1 fully saturated rings. The molecule has 0 heterocycles. The van der Waals surface area contributed by atoms with Gasteiger partial charge in [-0.15, -0.1) is 0 Å². The van der Waals surface area contributed by atoms with E-state index in [-0.39, 0.29) is 6.10 Å². The average molecular weight is 300 g/mol. The third-order valence-corrected chi connectivity index (χ3v) is 5.79. The van der Waals surface area contributed by atoms with Crippen molar-refractivity contribution in [3.63, 3.8) is 0 Å². The van der Waals surface area contributed by atoms with Crippen LogP contribution in [-0.2, 0) is 9.09 Å². The first kappa shape index (κ1) is 17.7. The second kappa shape index (κ2) is 9.55. The molecule has 1 saturated carbocycles. The number of hydrogen-bond donors (Lipinski definition) is 0. The Morgan fingerprint density at radius 1 is 1.10 bits per heavy atom. The van der Waals surface area contributed by atoms with Gasteiger partial charge in [0.25, 0.3) is 0 Å². The molecule has 0 amide bonds. The molecule has 0 radical (unpaired) electrons. The highest BCUT2D eigenvalue weighted by Crippen LogP contribution is 2.52. The van der Waals surface area contributed by atoms with Crippen LogP contribution in [0.4, 0.5) is 0 Å². The first-order valence-corrected chi connectivity index (χ1v) is 9.69. The lowest BCUT2D eigenvalue weighted by atomic mass is 9.99. The number of hydrogen-bond acceptors (Lipinski definition) is 3. The summed E-state index contributed by atoms with van der Waals surface area (Å²) >= 11 is 0. The van der Waals surface area contributed by atoms with E-state index in [1.807, 2.05) is 19.7 Å². The minimum atomic E-state index is -3.31. The lowest BCUT2D eigenvalue weighted by molar-refractivity contribution is 0.153. The average Bonchev–Trinajstić information content (AvgIpc) is 2.41. The summed E-state index contributed by atoms with van der Waals surface area (Å²) in [4.78, 5) is 0. The first-order chi connectivity index (χ1) is 9.66. The van der Waals surface area contributed by atoms with Gasteiger partial charge in [-0.2, -0.15) is 5.26 Å². The largest absolute Gasteiger partial charge is 0.371 e. The van der Waals surface area contributed by atoms with E-state index >= 15 is 0 Å². The number of nitriles is 1. The normalized spacial score (nSPS) is 20.9. The zero-order valence-corrected chi connectivity index (χ0v) is 13.9. The van der Waals surface area contributed by atoms with E-state index in [1.54, 1.807) is 4.67 Å². The van der Waals surface area contributed by atoms with Crippen molar-refractivity contribution in [3.05, 3.63) is 0 Å². The maximum Gasteiger partial charge on any atom is 0.371 e. The molecule has 1 aliphatic carbocycles. The van der Waals surface area contributed by atoms with E-state index < -0.39 is 7.52 Å². The van der Waals surface area contributed by atoms with Gasteiger partial charge in [-0.05, 0) is 25.7 Å². The van der Waals surface area contributed by atoms with Gasteiger partial charge in [-0.3, -0.25) is 4.57 Å². The Labute approximate surface area is 124 Å². The Bertz CT molecular complexity index is 340. The van der Waals surface area contributed by atoms with Crippen molar-refractivity contribution < 1.29 is 9.09 Å². The molecule has 1 rings (SSSR count). The van der Waals surface area contributed by atoms with Crippen LogP contribution in [-0.4, -0.2) is 23.9 Å². The Morgan fingerprint density at radius 3 is 2.05 bits per heavy atom. The van der Waals surface area contributed by atoms with Crippen molar-refractivity contribution in [2.45, 2.75) is 77.7 Å². The molecule has 0 saturated heterocycles. The Morgan fingerprint density at radius 2 is 1.60 bits per heavy atom. The molecule has 0 aromatic heterocycles. The van der Waals surface area contributed by atoms with Crippen molar-refractivity contribution in [1.29, 1.82) is 5.26 Å². The van der Waals surface area contributed by atoms with E-state index in [2.05, 4.69) is 0 Å². The standard InChI is InChI=1S/C15H29N2O2P/c1-3-12-17(13-4-2)20(18,14-16)19-15-10-8-6-5-7-9-11-15/h15H,3-13H2,1-2H3. The molecule has 116 valence electrons. The van der Waals surface area contributed by atoms with Gasteiger partial charge >= 0.3 is 7.52 Å². The fraction of sp³-hybridized carbons (Fsp3) is 0.933. The van der Waals surface area contributed by atoms with Crippen LogP contribution in [0.3, 0.4) is 0 Å². The Balaban J connectivity index is 2.70. The third-order valence-electron chi connectivity index (χ3n) is 3.81. The van der Waals surface area contributed by atoms with Gasteiger partial charge in [0, 0.05) is 13.1 Å². The van der Waals surface area contributed by atoms with Crippen LogP contribution in [0.2, 0.25) is 0 Å². The molecule has 1 atom stereocenters. The van der Waals surface area contributed by atoms with Gasteiger partial charge in [0.15, 0.2) is 5.81 Å². The minimum absolute atomic E-state index is 0.00278. The van der Waals surface area contributed by atoms with Gasteiger partial charge in [-0.25, -0.2) is 4.67 Å². The predicted molar refractivity (Wildman–Crippen MR) is 82.6 cm³/mol. The topological polar surface area (TPSA) is 53.3 Å². The maximum atomic E-state index is 12.9. The van der Waals surface area contributed by atoms with Crippen LogP contribution in [0.1, 0.15) is 71.6 Å². The highest BCUT2D eigenvalue weighted by Gasteiger charge is 2.34. The summed E-state index contributed by atoms with van der Waals surface area (Å²) in [5.41, 5.74) is 0. The molecular formula is C15H29N2O2P. The van der Waals surface area contributed by atoms with Crippen LogP contribution in [0, 0.1) is 11.1 Å². The number of nitrogens with zero attached hydrogens (tertiary/aromatic N) is 2. The maximum absolute atomic E-state index is 12.9. The predicted octanol–water partition coefficient (Wildman–Crippen LogP) is 4.91. The monoisotopic (exact) mass is 300 g/mol. The SMILES string of the molecule is CCCN(CCC)P(=O)(C#N)OC1CCCCCCC1. The van der Waals surface area contributed by atoms with Crippen LogP contribution in [0.15, 0.2) is 0 Å². The quantitative estimate of drug-likeness (QED) is 0.627. The fourth-order valence-electron chi connectivity index (χ4n) is 2.77. The van der Waals surface area contributed by atoms with E-state index in [9.17, 15) is 9.83 Å². The van der Waals surface area contributed by atoms with Gasteiger partial charge in [0.1, 0.15) is 0 Å². The molecule has 20 heavy (non-hydrogen) atoms. The van der Waals surface area contributed by atoms with Gasteiger partial charge in [0.2, 0.25) is 0 Å². The molecule has 0 bridgehead atoms.